The maximum absolute atomic E-state index is 8.74. The van der Waals surface area contributed by atoms with Crippen molar-refractivity contribution in [3.63, 3.8) is 0 Å². The zero-order chi connectivity index (χ0) is 8.08. The van der Waals surface area contributed by atoms with Crippen molar-refractivity contribution >= 4 is 21.8 Å². The first kappa shape index (κ1) is 17.6. The van der Waals surface area contributed by atoms with Crippen molar-refractivity contribution in [2.75, 3.05) is 0 Å². The van der Waals surface area contributed by atoms with Crippen LogP contribution in [-0.4, -0.2) is 30.8 Å². The second kappa shape index (κ2) is 8.67. The summed E-state index contributed by atoms with van der Waals surface area (Å²) in [5, 5.41) is 0. The van der Waals surface area contributed by atoms with Gasteiger partial charge in [0.2, 0.25) is 0 Å². The Kier molecular flexibility index (Phi) is 15.3. The van der Waals surface area contributed by atoms with Crippen LogP contribution in [0.1, 0.15) is 1.43 Å². The summed E-state index contributed by atoms with van der Waals surface area (Å²) < 4.78 is 54.4. The Balaban J connectivity index is -0.0000000383. The van der Waals surface area contributed by atoms with Crippen LogP contribution in [-0.2, 0) is 21.8 Å². The standard InChI is InChI=1S/K.H2O4S.H2O3S.H/c;1-5(2,3)4;1-4(2)3;/h;(H2,1,2,3,4);(H2,1,2,3);/q+1;;;-1. The third kappa shape index (κ3) is 283. The van der Waals surface area contributed by atoms with E-state index in [1.54, 1.807) is 0 Å². The minimum atomic E-state index is -4.67. The molecule has 0 aromatic heterocycles. The van der Waals surface area contributed by atoms with Gasteiger partial charge in [0.05, 0.1) is 0 Å². The molecule has 10 heteroatoms. The van der Waals surface area contributed by atoms with Gasteiger partial charge in [-0.25, -0.2) is 0 Å². The molecule has 0 saturated carbocycles. The molecule has 0 aliphatic rings. The second-order valence-electron chi connectivity index (χ2n) is 0.679. The SMILES string of the molecule is O=S(=O)(O)O.O=S(O)O.[H-].[K+]. The molecule has 10 heavy (non-hydrogen) atoms. The van der Waals surface area contributed by atoms with Crippen molar-refractivity contribution in [1.82, 2.24) is 0 Å². The van der Waals surface area contributed by atoms with Crippen molar-refractivity contribution in [3.05, 3.63) is 0 Å². The van der Waals surface area contributed by atoms with Gasteiger partial charge in [0.25, 0.3) is 11.4 Å². The monoisotopic (exact) mass is 220 g/mol. The van der Waals surface area contributed by atoms with E-state index in [4.69, 9.17) is 30.8 Å². The van der Waals surface area contributed by atoms with Crippen LogP contribution in [0.2, 0.25) is 0 Å². The van der Waals surface area contributed by atoms with E-state index in [2.05, 4.69) is 0 Å². The Morgan fingerprint density at radius 2 is 1.20 bits per heavy atom. The number of hydrogen-bond acceptors (Lipinski definition) is 3. The van der Waals surface area contributed by atoms with E-state index in [1.165, 1.54) is 0 Å². The summed E-state index contributed by atoms with van der Waals surface area (Å²) in [6, 6.07) is 0. The third-order valence-electron chi connectivity index (χ3n) is 0. The quantitative estimate of drug-likeness (QED) is 0.186. The molecule has 0 amide bonds. The molecule has 0 fully saturated rings. The molecule has 4 N–H and O–H groups in total. The van der Waals surface area contributed by atoms with E-state index in [9.17, 15) is 0 Å². The Hall–Kier alpha value is 1.58. The molecule has 7 nitrogen and oxygen atoms in total. The van der Waals surface area contributed by atoms with Crippen LogP contribution in [0.3, 0.4) is 0 Å². The van der Waals surface area contributed by atoms with E-state index in [1.807, 2.05) is 0 Å². The Morgan fingerprint density at radius 1 is 1.20 bits per heavy atom. The van der Waals surface area contributed by atoms with Gasteiger partial charge >= 0.3 is 61.8 Å². The average Bonchev–Trinajstić information content (AvgIpc) is 1.19. The van der Waals surface area contributed by atoms with E-state index in [0.717, 1.165) is 0 Å². The van der Waals surface area contributed by atoms with Gasteiger partial charge in [-0.2, -0.15) is 12.6 Å². The van der Waals surface area contributed by atoms with Crippen LogP contribution in [0.4, 0.5) is 0 Å². The minimum Gasteiger partial charge on any atom is -1.00 e. The van der Waals surface area contributed by atoms with Gasteiger partial charge in [-0.1, -0.05) is 0 Å². The average molecular weight is 220 g/mol. The summed E-state index contributed by atoms with van der Waals surface area (Å²) in [7, 11) is -4.67. The first-order chi connectivity index (χ1) is 3.73. The molecule has 0 heterocycles. The molecule has 0 aromatic rings. The van der Waals surface area contributed by atoms with Crippen LogP contribution in [0.15, 0.2) is 0 Å². The first-order valence-electron chi connectivity index (χ1n) is 1.23. The Bertz CT molecular complexity index is 159. The third-order valence-corrected chi connectivity index (χ3v) is 0. The maximum atomic E-state index is 8.74. The minimum absolute atomic E-state index is 0. The van der Waals surface area contributed by atoms with Gasteiger partial charge in [0.1, 0.15) is 0 Å². The smallest absolute Gasteiger partial charge is 1.00 e. The summed E-state index contributed by atoms with van der Waals surface area (Å²) >= 11 is -2.61. The van der Waals surface area contributed by atoms with Crippen LogP contribution < -0.4 is 51.4 Å². The van der Waals surface area contributed by atoms with Crippen molar-refractivity contribution in [1.29, 1.82) is 0 Å². The zero-order valence-electron chi connectivity index (χ0n) is 5.83. The molecule has 0 rings (SSSR count). The summed E-state index contributed by atoms with van der Waals surface area (Å²) in [4.78, 5) is 0. The molecule has 0 aromatic carbocycles. The molecule has 0 unspecified atom stereocenters. The largest absolute Gasteiger partial charge is 1.00 e. The predicted octanol–water partition coefficient (Wildman–Crippen LogP) is -3.86. The summed E-state index contributed by atoms with van der Waals surface area (Å²) in [6.45, 7) is 0. The maximum Gasteiger partial charge on any atom is 1.00 e. The van der Waals surface area contributed by atoms with Gasteiger partial charge in [-0.3, -0.25) is 18.2 Å². The predicted molar refractivity (Wildman–Crippen MR) is 28.7 cm³/mol. The molecule has 0 radical (unpaired) electrons. The topological polar surface area (TPSA) is 132 Å². The van der Waals surface area contributed by atoms with Gasteiger partial charge in [0, 0.05) is 0 Å². The summed E-state index contributed by atoms with van der Waals surface area (Å²) in [5.74, 6) is 0. The Morgan fingerprint density at radius 3 is 1.20 bits per heavy atom. The molecule has 60 valence electrons. The second-order valence-corrected chi connectivity index (χ2v) is 2.04. The zero-order valence-corrected chi connectivity index (χ0v) is 9.59. The molecule has 0 atom stereocenters. The van der Waals surface area contributed by atoms with Gasteiger partial charge in [0.15, 0.2) is 0 Å². The fourth-order valence-electron chi connectivity index (χ4n) is 0. The molecule has 0 saturated heterocycles. The summed E-state index contributed by atoms with van der Waals surface area (Å²) in [6.07, 6.45) is 0. The molecule has 0 spiro atoms. The molecule has 0 bridgehead atoms. The number of rotatable bonds is 0. The fraction of sp³-hybridized carbons (Fsp3) is 0. The first-order valence-corrected chi connectivity index (χ1v) is 3.69. The molecular formula is H5KO7S2. The Labute approximate surface area is 104 Å². The van der Waals surface area contributed by atoms with Crippen molar-refractivity contribution in [2.24, 2.45) is 0 Å². The molecule has 0 aliphatic heterocycles. The van der Waals surface area contributed by atoms with Crippen molar-refractivity contribution in [2.45, 2.75) is 0 Å². The van der Waals surface area contributed by atoms with Crippen LogP contribution in [0, 0.1) is 0 Å². The van der Waals surface area contributed by atoms with E-state index < -0.39 is 21.8 Å². The van der Waals surface area contributed by atoms with E-state index in [0.29, 0.717) is 0 Å². The normalized spacial score (nSPS) is 9.30. The van der Waals surface area contributed by atoms with Gasteiger partial charge in [-0.05, 0) is 0 Å². The van der Waals surface area contributed by atoms with Crippen molar-refractivity contribution in [3.8, 4) is 0 Å². The van der Waals surface area contributed by atoms with Crippen molar-refractivity contribution < 1.29 is 83.6 Å². The van der Waals surface area contributed by atoms with Crippen LogP contribution in [0.25, 0.3) is 0 Å². The molecular weight excluding hydrogens is 215 g/mol. The van der Waals surface area contributed by atoms with Gasteiger partial charge in [-0.15, -0.1) is 0 Å². The van der Waals surface area contributed by atoms with Crippen LogP contribution >= 0.6 is 0 Å². The van der Waals surface area contributed by atoms with E-state index in [-0.39, 0.29) is 52.8 Å². The molecule has 0 aliphatic carbocycles. The number of hydrogen-bond donors (Lipinski definition) is 4. The van der Waals surface area contributed by atoms with Crippen LogP contribution in [0.5, 0.6) is 0 Å². The van der Waals surface area contributed by atoms with Gasteiger partial charge < -0.3 is 1.43 Å². The summed E-state index contributed by atoms with van der Waals surface area (Å²) in [5.41, 5.74) is 0. The fourth-order valence-corrected chi connectivity index (χ4v) is 0. The van der Waals surface area contributed by atoms with E-state index >= 15 is 0 Å².